The Hall–Kier alpha value is -0.850. The minimum atomic E-state index is -3.55. The predicted molar refractivity (Wildman–Crippen MR) is 80.0 cm³/mol. The van der Waals surface area contributed by atoms with Crippen molar-refractivity contribution in [2.45, 2.75) is 52.3 Å². The normalized spacial score (nSPS) is 13.4. The smallest absolute Gasteiger partial charge is 0.276 e. The molecule has 0 unspecified atom stereocenters. The highest BCUT2D eigenvalue weighted by molar-refractivity contribution is 7.89. The molecule has 0 amide bonds. The van der Waals surface area contributed by atoms with Crippen LogP contribution in [-0.4, -0.2) is 32.4 Å². The van der Waals surface area contributed by atoms with E-state index in [1.165, 1.54) is 10.4 Å². The molecule has 1 aromatic rings. The van der Waals surface area contributed by atoms with Crippen molar-refractivity contribution in [2.75, 3.05) is 13.6 Å². The lowest BCUT2D eigenvalue weighted by Crippen LogP contribution is -2.34. The quantitative estimate of drug-likeness (QED) is 0.876. The van der Waals surface area contributed by atoms with Gasteiger partial charge < -0.3 is 9.73 Å². The van der Waals surface area contributed by atoms with Crippen LogP contribution in [-0.2, 0) is 16.6 Å². The minimum absolute atomic E-state index is 0.00445. The maximum atomic E-state index is 12.4. The molecule has 0 spiro atoms. The first kappa shape index (κ1) is 17.2. The van der Waals surface area contributed by atoms with E-state index in [9.17, 15) is 8.42 Å². The summed E-state index contributed by atoms with van der Waals surface area (Å²) in [5.74, 6) is 0.626. The van der Waals surface area contributed by atoms with Gasteiger partial charge in [-0.1, -0.05) is 34.6 Å². The van der Waals surface area contributed by atoms with Crippen molar-refractivity contribution in [3.8, 4) is 0 Å². The van der Waals surface area contributed by atoms with Crippen LogP contribution >= 0.6 is 0 Å². The number of furan rings is 1. The van der Waals surface area contributed by atoms with Gasteiger partial charge in [0, 0.05) is 19.6 Å². The summed E-state index contributed by atoms with van der Waals surface area (Å²) < 4.78 is 31.5. The number of nitrogens with one attached hydrogen (secondary N) is 1. The minimum Gasteiger partial charge on any atom is -0.447 e. The van der Waals surface area contributed by atoms with Crippen LogP contribution < -0.4 is 5.32 Å². The summed E-state index contributed by atoms with van der Waals surface area (Å²) in [5.41, 5.74) is -0.101. The van der Waals surface area contributed by atoms with E-state index in [0.717, 1.165) is 0 Å². The molecule has 0 radical (unpaired) electrons. The van der Waals surface area contributed by atoms with Crippen LogP contribution in [0.1, 0.15) is 40.4 Å². The van der Waals surface area contributed by atoms with Crippen molar-refractivity contribution < 1.29 is 12.8 Å². The maximum Gasteiger partial charge on any atom is 0.276 e. The fraction of sp³-hybridized carbons (Fsp3) is 0.714. The third kappa shape index (κ3) is 4.92. The van der Waals surface area contributed by atoms with Crippen LogP contribution in [0, 0.1) is 5.41 Å². The van der Waals surface area contributed by atoms with E-state index in [1.54, 1.807) is 13.1 Å². The standard InChI is InChI=1S/C14H26N2O3S/c1-11(2)15-9-12-7-8-13(19-12)20(17,18)16(6)10-14(3,4)5/h7-8,11,15H,9-10H2,1-6H3. The molecule has 1 aromatic heterocycles. The molecular weight excluding hydrogens is 276 g/mol. The zero-order valence-corrected chi connectivity index (χ0v) is 14.0. The molecule has 5 nitrogen and oxygen atoms in total. The highest BCUT2D eigenvalue weighted by Crippen LogP contribution is 2.22. The molecule has 0 bridgehead atoms. The van der Waals surface area contributed by atoms with E-state index in [-0.39, 0.29) is 10.5 Å². The Kier molecular flexibility index (Phi) is 5.40. The van der Waals surface area contributed by atoms with Crippen LogP contribution in [0.2, 0.25) is 0 Å². The molecule has 0 aliphatic rings. The van der Waals surface area contributed by atoms with E-state index in [1.807, 2.05) is 34.6 Å². The number of hydrogen-bond acceptors (Lipinski definition) is 4. The first-order chi connectivity index (χ1) is 9.02. The Balaban J connectivity index is 2.83. The second-order valence-corrected chi connectivity index (χ2v) is 8.55. The second-order valence-electron chi connectivity index (χ2n) is 6.58. The van der Waals surface area contributed by atoms with Crippen molar-refractivity contribution in [3.63, 3.8) is 0 Å². The van der Waals surface area contributed by atoms with Gasteiger partial charge in [-0.3, -0.25) is 0 Å². The van der Waals surface area contributed by atoms with Gasteiger partial charge in [-0.25, -0.2) is 8.42 Å². The third-order valence-corrected chi connectivity index (χ3v) is 4.36. The topological polar surface area (TPSA) is 62.6 Å². The first-order valence-electron chi connectivity index (χ1n) is 6.81. The summed E-state index contributed by atoms with van der Waals surface area (Å²) >= 11 is 0. The molecule has 0 aliphatic carbocycles. The van der Waals surface area contributed by atoms with Crippen LogP contribution in [0.5, 0.6) is 0 Å². The van der Waals surface area contributed by atoms with Gasteiger partial charge in [0.15, 0.2) is 0 Å². The monoisotopic (exact) mass is 302 g/mol. The molecule has 0 fully saturated rings. The summed E-state index contributed by atoms with van der Waals surface area (Å²) in [7, 11) is -1.97. The summed E-state index contributed by atoms with van der Waals surface area (Å²) in [6.45, 7) is 11.0. The Morgan fingerprint density at radius 3 is 2.40 bits per heavy atom. The number of nitrogens with zero attached hydrogens (tertiary/aromatic N) is 1. The number of hydrogen-bond donors (Lipinski definition) is 1. The van der Waals surface area contributed by atoms with Crippen molar-refractivity contribution in [1.82, 2.24) is 9.62 Å². The van der Waals surface area contributed by atoms with Gasteiger partial charge in [0.1, 0.15) is 5.76 Å². The molecule has 6 heteroatoms. The number of sulfonamides is 1. The fourth-order valence-electron chi connectivity index (χ4n) is 1.80. The molecule has 0 aromatic carbocycles. The SMILES string of the molecule is CC(C)NCc1ccc(S(=O)(=O)N(C)CC(C)(C)C)o1. The molecule has 1 N–H and O–H groups in total. The van der Waals surface area contributed by atoms with Gasteiger partial charge >= 0.3 is 0 Å². The van der Waals surface area contributed by atoms with Crippen molar-refractivity contribution >= 4 is 10.0 Å². The van der Waals surface area contributed by atoms with E-state index in [4.69, 9.17) is 4.42 Å². The van der Waals surface area contributed by atoms with Crippen molar-refractivity contribution in [2.24, 2.45) is 5.41 Å². The summed E-state index contributed by atoms with van der Waals surface area (Å²) in [6.07, 6.45) is 0. The van der Waals surface area contributed by atoms with Crippen LogP contribution in [0.4, 0.5) is 0 Å². The van der Waals surface area contributed by atoms with E-state index in [2.05, 4.69) is 5.32 Å². The van der Waals surface area contributed by atoms with E-state index >= 15 is 0 Å². The molecule has 1 rings (SSSR count). The van der Waals surface area contributed by atoms with Gasteiger partial charge in [-0.2, -0.15) is 4.31 Å². The van der Waals surface area contributed by atoms with Gasteiger partial charge in [0.25, 0.3) is 10.0 Å². The Morgan fingerprint density at radius 1 is 1.30 bits per heavy atom. The zero-order chi connectivity index (χ0) is 15.6. The Bertz CT molecular complexity index is 527. The first-order valence-corrected chi connectivity index (χ1v) is 8.25. The van der Waals surface area contributed by atoms with Gasteiger partial charge in [-0.15, -0.1) is 0 Å². The van der Waals surface area contributed by atoms with Gasteiger partial charge in [0.05, 0.1) is 6.54 Å². The van der Waals surface area contributed by atoms with Crippen molar-refractivity contribution in [3.05, 3.63) is 17.9 Å². The van der Waals surface area contributed by atoms with Crippen LogP contribution in [0.3, 0.4) is 0 Å². The molecule has 116 valence electrons. The Labute approximate surface area is 122 Å². The summed E-state index contributed by atoms with van der Waals surface area (Å²) in [4.78, 5) is 0. The lowest BCUT2D eigenvalue weighted by atomic mass is 9.97. The van der Waals surface area contributed by atoms with Crippen LogP contribution in [0.25, 0.3) is 0 Å². The Morgan fingerprint density at radius 2 is 1.90 bits per heavy atom. The lowest BCUT2D eigenvalue weighted by Gasteiger charge is -2.25. The van der Waals surface area contributed by atoms with Gasteiger partial charge in [0.2, 0.25) is 5.09 Å². The third-order valence-electron chi connectivity index (χ3n) is 2.68. The molecule has 1 heterocycles. The maximum absolute atomic E-state index is 12.4. The molecule has 0 saturated carbocycles. The largest absolute Gasteiger partial charge is 0.447 e. The number of rotatable bonds is 6. The summed E-state index contributed by atoms with van der Waals surface area (Å²) in [6, 6.07) is 3.54. The fourth-order valence-corrected chi connectivity index (χ4v) is 3.12. The van der Waals surface area contributed by atoms with E-state index < -0.39 is 10.0 Å². The van der Waals surface area contributed by atoms with Gasteiger partial charge in [-0.05, 0) is 17.5 Å². The van der Waals surface area contributed by atoms with E-state index in [0.29, 0.717) is 24.9 Å². The molecule has 0 atom stereocenters. The highest BCUT2D eigenvalue weighted by atomic mass is 32.2. The van der Waals surface area contributed by atoms with Crippen molar-refractivity contribution in [1.29, 1.82) is 0 Å². The summed E-state index contributed by atoms with van der Waals surface area (Å²) in [5, 5.41) is 3.20. The molecular formula is C14H26N2O3S. The predicted octanol–water partition coefficient (Wildman–Crippen LogP) is 2.44. The molecule has 20 heavy (non-hydrogen) atoms. The molecule has 0 saturated heterocycles. The second kappa shape index (κ2) is 6.28. The molecule has 0 aliphatic heterocycles. The lowest BCUT2D eigenvalue weighted by molar-refractivity contribution is 0.301. The highest BCUT2D eigenvalue weighted by Gasteiger charge is 2.27. The average Bonchev–Trinajstić information content (AvgIpc) is 2.72. The average molecular weight is 302 g/mol. The van der Waals surface area contributed by atoms with Crippen LogP contribution in [0.15, 0.2) is 21.6 Å². The zero-order valence-electron chi connectivity index (χ0n) is 13.2.